The van der Waals surface area contributed by atoms with Crippen molar-refractivity contribution in [2.24, 2.45) is 5.92 Å². The normalized spacial score (nSPS) is 14.8. The first-order chi connectivity index (χ1) is 8.99. The predicted octanol–water partition coefficient (Wildman–Crippen LogP) is 3.12. The fraction of sp³-hybridized carbons (Fsp3) is 0.462. The van der Waals surface area contributed by atoms with Crippen LogP contribution in [0.5, 0.6) is 0 Å². The lowest BCUT2D eigenvalue weighted by atomic mass is 9.85. The molecule has 2 rings (SSSR count). The summed E-state index contributed by atoms with van der Waals surface area (Å²) in [5.74, 6) is 0.284. The summed E-state index contributed by atoms with van der Waals surface area (Å²) in [7, 11) is 1.70. The van der Waals surface area contributed by atoms with Gasteiger partial charge in [0.2, 0.25) is 0 Å². The Morgan fingerprint density at radius 2 is 2.21 bits per heavy atom. The zero-order chi connectivity index (χ0) is 14.0. The van der Waals surface area contributed by atoms with Crippen LogP contribution in [-0.4, -0.2) is 29.3 Å². The summed E-state index contributed by atoms with van der Waals surface area (Å²) in [6.07, 6.45) is 3.49. The van der Waals surface area contributed by atoms with Gasteiger partial charge >= 0.3 is 0 Å². The summed E-state index contributed by atoms with van der Waals surface area (Å²) in [5, 5.41) is 11.0. The van der Waals surface area contributed by atoms with E-state index in [4.69, 9.17) is 11.6 Å². The second-order valence-electron chi connectivity index (χ2n) is 4.90. The first-order valence-electron chi connectivity index (χ1n) is 6.18. The number of benzene rings is 1. The maximum Gasteiger partial charge on any atom is 0.270 e. The lowest BCUT2D eigenvalue weighted by molar-refractivity contribution is -0.384. The third-order valence-corrected chi connectivity index (χ3v) is 3.82. The molecule has 0 aromatic heterocycles. The van der Waals surface area contributed by atoms with Crippen LogP contribution in [0.25, 0.3) is 0 Å². The van der Waals surface area contributed by atoms with Gasteiger partial charge in [0.25, 0.3) is 11.6 Å². The molecule has 0 atom stereocenters. The molecule has 1 aliphatic carbocycles. The standard InChI is InChI=1S/C13H15ClN2O3/c1-15(8-9-3-2-4-9)13(17)11-7-10(16(18)19)5-6-12(11)14/h5-7,9H,2-4,8H2,1H3. The molecule has 0 spiro atoms. The second kappa shape index (κ2) is 5.57. The van der Waals surface area contributed by atoms with Gasteiger partial charge in [-0.1, -0.05) is 18.0 Å². The number of hydrogen-bond donors (Lipinski definition) is 0. The topological polar surface area (TPSA) is 63.5 Å². The van der Waals surface area contributed by atoms with E-state index in [2.05, 4.69) is 0 Å². The molecule has 1 aromatic rings. The average Bonchev–Trinajstić information content (AvgIpc) is 2.33. The molecule has 1 saturated carbocycles. The Labute approximate surface area is 116 Å². The molecule has 1 aromatic carbocycles. The first kappa shape index (κ1) is 13.8. The molecule has 1 aliphatic rings. The minimum absolute atomic E-state index is 0.121. The summed E-state index contributed by atoms with van der Waals surface area (Å²) < 4.78 is 0. The van der Waals surface area contributed by atoms with Crippen LogP contribution in [0.15, 0.2) is 18.2 Å². The number of non-ortho nitro benzene ring substituents is 1. The minimum atomic E-state index is -0.529. The lowest BCUT2D eigenvalue weighted by Gasteiger charge is -2.30. The highest BCUT2D eigenvalue weighted by atomic mass is 35.5. The summed E-state index contributed by atoms with van der Waals surface area (Å²) in [4.78, 5) is 24.0. The number of halogens is 1. The van der Waals surface area contributed by atoms with E-state index >= 15 is 0 Å². The third-order valence-electron chi connectivity index (χ3n) is 3.49. The summed E-state index contributed by atoms with van der Waals surface area (Å²) in [6.45, 7) is 0.678. The van der Waals surface area contributed by atoms with Crippen LogP contribution in [0, 0.1) is 16.0 Å². The molecule has 5 nitrogen and oxygen atoms in total. The quantitative estimate of drug-likeness (QED) is 0.629. The Morgan fingerprint density at radius 1 is 1.53 bits per heavy atom. The molecule has 0 N–H and O–H groups in total. The van der Waals surface area contributed by atoms with Crippen LogP contribution >= 0.6 is 11.6 Å². The number of nitrogens with zero attached hydrogens (tertiary/aromatic N) is 2. The van der Waals surface area contributed by atoms with E-state index in [0.717, 1.165) is 12.8 Å². The van der Waals surface area contributed by atoms with Gasteiger partial charge in [-0.25, -0.2) is 0 Å². The highest BCUT2D eigenvalue weighted by Crippen LogP contribution is 2.28. The smallest absolute Gasteiger partial charge is 0.270 e. The zero-order valence-electron chi connectivity index (χ0n) is 10.6. The van der Waals surface area contributed by atoms with Gasteiger partial charge in [-0.05, 0) is 24.8 Å². The number of nitro benzene ring substituents is 1. The Hall–Kier alpha value is -1.62. The van der Waals surface area contributed by atoms with Gasteiger partial charge in [0.15, 0.2) is 0 Å². The molecule has 0 unspecified atom stereocenters. The van der Waals surface area contributed by atoms with E-state index < -0.39 is 4.92 Å². The number of carbonyl (C=O) groups excluding carboxylic acids is 1. The van der Waals surface area contributed by atoms with Crippen molar-refractivity contribution >= 4 is 23.2 Å². The fourth-order valence-corrected chi connectivity index (χ4v) is 2.34. The van der Waals surface area contributed by atoms with E-state index in [1.807, 2.05) is 0 Å². The maximum absolute atomic E-state index is 12.2. The van der Waals surface area contributed by atoms with Gasteiger partial charge < -0.3 is 4.90 Å². The van der Waals surface area contributed by atoms with Crippen LogP contribution in [0.3, 0.4) is 0 Å². The van der Waals surface area contributed by atoms with Crippen molar-refractivity contribution < 1.29 is 9.72 Å². The van der Waals surface area contributed by atoms with Crippen molar-refractivity contribution in [2.75, 3.05) is 13.6 Å². The van der Waals surface area contributed by atoms with E-state index in [1.165, 1.54) is 24.6 Å². The van der Waals surface area contributed by atoms with Gasteiger partial charge in [0.05, 0.1) is 15.5 Å². The average molecular weight is 283 g/mol. The summed E-state index contributed by atoms with van der Waals surface area (Å²) in [6, 6.07) is 3.93. The Morgan fingerprint density at radius 3 is 2.74 bits per heavy atom. The molecule has 6 heteroatoms. The maximum atomic E-state index is 12.2. The zero-order valence-corrected chi connectivity index (χ0v) is 11.4. The van der Waals surface area contributed by atoms with Crippen molar-refractivity contribution in [3.63, 3.8) is 0 Å². The van der Waals surface area contributed by atoms with Crippen molar-refractivity contribution in [1.82, 2.24) is 4.90 Å². The lowest BCUT2D eigenvalue weighted by Crippen LogP contribution is -2.34. The van der Waals surface area contributed by atoms with Gasteiger partial charge in [-0.2, -0.15) is 0 Å². The number of amides is 1. The van der Waals surface area contributed by atoms with Crippen molar-refractivity contribution in [2.45, 2.75) is 19.3 Å². The number of rotatable bonds is 4. The molecule has 0 aliphatic heterocycles. The van der Waals surface area contributed by atoms with Crippen LogP contribution in [0.2, 0.25) is 5.02 Å². The number of nitro groups is 1. The van der Waals surface area contributed by atoms with E-state index in [9.17, 15) is 14.9 Å². The summed E-state index contributed by atoms with van der Waals surface area (Å²) >= 11 is 5.95. The van der Waals surface area contributed by atoms with Crippen molar-refractivity contribution in [3.8, 4) is 0 Å². The molecule has 19 heavy (non-hydrogen) atoms. The minimum Gasteiger partial charge on any atom is -0.341 e. The van der Waals surface area contributed by atoms with E-state index in [-0.39, 0.29) is 22.2 Å². The van der Waals surface area contributed by atoms with Crippen LogP contribution in [-0.2, 0) is 0 Å². The summed E-state index contributed by atoms with van der Waals surface area (Å²) in [5.41, 5.74) is 0.0717. The molecule has 0 radical (unpaired) electrons. The highest BCUT2D eigenvalue weighted by Gasteiger charge is 2.24. The van der Waals surface area contributed by atoms with Crippen LogP contribution < -0.4 is 0 Å². The Bertz CT molecular complexity index is 515. The van der Waals surface area contributed by atoms with Crippen LogP contribution in [0.4, 0.5) is 5.69 Å². The third kappa shape index (κ3) is 3.04. The van der Waals surface area contributed by atoms with Crippen molar-refractivity contribution in [1.29, 1.82) is 0 Å². The molecule has 102 valence electrons. The highest BCUT2D eigenvalue weighted by molar-refractivity contribution is 6.33. The molecule has 0 bridgehead atoms. The Kier molecular flexibility index (Phi) is 4.04. The van der Waals surface area contributed by atoms with E-state index in [0.29, 0.717) is 12.5 Å². The van der Waals surface area contributed by atoms with Crippen LogP contribution in [0.1, 0.15) is 29.6 Å². The predicted molar refractivity (Wildman–Crippen MR) is 72.4 cm³/mol. The number of carbonyl (C=O) groups is 1. The molecule has 1 amide bonds. The molecular formula is C13H15ClN2O3. The second-order valence-corrected chi connectivity index (χ2v) is 5.31. The molecule has 0 heterocycles. The SMILES string of the molecule is CN(CC1CCC1)C(=O)c1cc([N+](=O)[O-])ccc1Cl. The monoisotopic (exact) mass is 282 g/mol. The number of hydrogen-bond acceptors (Lipinski definition) is 3. The Balaban J connectivity index is 2.16. The van der Waals surface area contributed by atoms with Crippen molar-refractivity contribution in [3.05, 3.63) is 38.9 Å². The van der Waals surface area contributed by atoms with Gasteiger partial charge in [0, 0.05) is 25.7 Å². The van der Waals surface area contributed by atoms with E-state index in [1.54, 1.807) is 11.9 Å². The van der Waals surface area contributed by atoms with Gasteiger partial charge in [-0.15, -0.1) is 0 Å². The van der Waals surface area contributed by atoms with Gasteiger partial charge in [0.1, 0.15) is 0 Å². The molecule has 0 saturated heterocycles. The first-order valence-corrected chi connectivity index (χ1v) is 6.56. The van der Waals surface area contributed by atoms with Gasteiger partial charge in [-0.3, -0.25) is 14.9 Å². The molecular weight excluding hydrogens is 268 g/mol. The fourth-order valence-electron chi connectivity index (χ4n) is 2.14. The molecule has 1 fully saturated rings. The largest absolute Gasteiger partial charge is 0.341 e.